The average Bonchev–Trinajstić information content (AvgIpc) is 3.29. The Kier molecular flexibility index (Phi) is 5.53. The molecule has 5 nitrogen and oxygen atoms in total. The summed E-state index contributed by atoms with van der Waals surface area (Å²) in [7, 11) is 0. The van der Waals surface area contributed by atoms with Crippen LogP contribution >= 0.6 is 11.6 Å². The molecule has 4 rings (SSSR count). The molecule has 3 aromatic rings. The lowest BCUT2D eigenvalue weighted by atomic mass is 10.0. The largest absolute Gasteiger partial charge is 0.371 e. The summed E-state index contributed by atoms with van der Waals surface area (Å²) in [6.45, 7) is 3.97. The van der Waals surface area contributed by atoms with Crippen molar-refractivity contribution < 1.29 is 13.7 Å². The molecule has 0 atom stereocenters. The van der Waals surface area contributed by atoms with Crippen LogP contribution in [0.1, 0.15) is 28.1 Å². The Balaban J connectivity index is 1.41. The molecule has 0 bridgehead atoms. The number of rotatable bonds is 6. The zero-order valence-corrected chi connectivity index (χ0v) is 16.8. The Bertz CT molecular complexity index is 1030. The summed E-state index contributed by atoms with van der Waals surface area (Å²) in [5, 5.41) is 6.95. The standard InChI is InChI=1S/C22H21ClFN3O2/c1-14-19(21(26-29-14)20-16(23)7-4-8-17(20)24)22(28)25-11-5-12-27-13-10-15-6-2-3-9-18(15)27/h2-4,6-9H,5,10-13H2,1H3,(H,25,28). The highest BCUT2D eigenvalue weighted by molar-refractivity contribution is 6.33. The molecule has 7 heteroatoms. The van der Waals surface area contributed by atoms with Crippen LogP contribution in [-0.4, -0.2) is 30.7 Å². The van der Waals surface area contributed by atoms with Crippen LogP contribution in [0.2, 0.25) is 5.02 Å². The van der Waals surface area contributed by atoms with Crippen molar-refractivity contribution in [2.24, 2.45) is 0 Å². The first-order valence-electron chi connectivity index (χ1n) is 9.58. The van der Waals surface area contributed by atoms with Crippen molar-refractivity contribution in [2.75, 3.05) is 24.5 Å². The number of amides is 1. The predicted octanol–water partition coefficient (Wildman–Crippen LogP) is 4.63. The smallest absolute Gasteiger partial charge is 0.257 e. The summed E-state index contributed by atoms with van der Waals surface area (Å²) in [5.74, 6) is -0.572. The van der Waals surface area contributed by atoms with E-state index in [9.17, 15) is 9.18 Å². The fourth-order valence-electron chi connectivity index (χ4n) is 3.73. The quantitative estimate of drug-likeness (QED) is 0.599. The van der Waals surface area contributed by atoms with Crippen molar-refractivity contribution in [3.63, 3.8) is 0 Å². The van der Waals surface area contributed by atoms with Crippen molar-refractivity contribution in [1.82, 2.24) is 10.5 Å². The van der Waals surface area contributed by atoms with Gasteiger partial charge in [-0.2, -0.15) is 0 Å². The topological polar surface area (TPSA) is 58.4 Å². The number of fused-ring (bicyclic) bond motifs is 1. The van der Waals surface area contributed by atoms with E-state index in [-0.39, 0.29) is 27.8 Å². The molecule has 0 aliphatic carbocycles. The number of carbonyl (C=O) groups is 1. The number of carbonyl (C=O) groups excluding carboxylic acids is 1. The van der Waals surface area contributed by atoms with Gasteiger partial charge in [-0.05, 0) is 43.5 Å². The average molecular weight is 414 g/mol. The normalized spacial score (nSPS) is 12.9. The third kappa shape index (κ3) is 3.85. The van der Waals surface area contributed by atoms with E-state index >= 15 is 0 Å². The fourth-order valence-corrected chi connectivity index (χ4v) is 3.99. The molecule has 1 N–H and O–H groups in total. The number of hydrogen-bond acceptors (Lipinski definition) is 4. The third-order valence-electron chi connectivity index (χ3n) is 5.16. The molecular formula is C22H21ClFN3O2. The van der Waals surface area contributed by atoms with Gasteiger partial charge in [0.15, 0.2) is 0 Å². The van der Waals surface area contributed by atoms with Crippen molar-refractivity contribution in [2.45, 2.75) is 19.8 Å². The molecule has 150 valence electrons. The molecule has 1 aliphatic heterocycles. The minimum absolute atomic E-state index is 0.0739. The predicted molar refractivity (Wildman–Crippen MR) is 111 cm³/mol. The molecule has 0 radical (unpaired) electrons. The Morgan fingerprint density at radius 1 is 1.28 bits per heavy atom. The van der Waals surface area contributed by atoms with Gasteiger partial charge in [0.1, 0.15) is 22.8 Å². The van der Waals surface area contributed by atoms with E-state index in [1.807, 2.05) is 6.07 Å². The van der Waals surface area contributed by atoms with Gasteiger partial charge >= 0.3 is 0 Å². The van der Waals surface area contributed by atoms with E-state index in [1.54, 1.807) is 13.0 Å². The van der Waals surface area contributed by atoms with Crippen LogP contribution in [0, 0.1) is 12.7 Å². The van der Waals surface area contributed by atoms with Crippen molar-refractivity contribution in [3.05, 3.63) is 70.2 Å². The van der Waals surface area contributed by atoms with Gasteiger partial charge in [0.05, 0.1) is 10.6 Å². The van der Waals surface area contributed by atoms with Crippen LogP contribution in [0.5, 0.6) is 0 Å². The molecule has 2 heterocycles. The molecule has 1 aliphatic rings. The van der Waals surface area contributed by atoms with Gasteiger partial charge in [0.25, 0.3) is 5.91 Å². The maximum atomic E-state index is 14.3. The zero-order chi connectivity index (χ0) is 20.4. The SMILES string of the molecule is Cc1onc(-c2c(F)cccc2Cl)c1C(=O)NCCCN1CCc2ccccc21. The summed E-state index contributed by atoms with van der Waals surface area (Å²) in [6, 6.07) is 12.7. The minimum atomic E-state index is -0.549. The molecule has 1 amide bonds. The molecule has 29 heavy (non-hydrogen) atoms. The van der Waals surface area contributed by atoms with E-state index in [2.05, 4.69) is 33.6 Å². The molecule has 0 saturated heterocycles. The van der Waals surface area contributed by atoms with Crippen LogP contribution in [0.4, 0.5) is 10.1 Å². The van der Waals surface area contributed by atoms with Crippen LogP contribution in [0.25, 0.3) is 11.3 Å². The number of nitrogens with zero attached hydrogens (tertiary/aromatic N) is 2. The first kappa shape index (κ1) is 19.5. The van der Waals surface area contributed by atoms with Crippen LogP contribution in [-0.2, 0) is 6.42 Å². The van der Waals surface area contributed by atoms with E-state index in [4.69, 9.17) is 16.1 Å². The van der Waals surface area contributed by atoms with E-state index < -0.39 is 5.82 Å². The molecule has 0 spiro atoms. The highest BCUT2D eigenvalue weighted by Gasteiger charge is 2.25. The van der Waals surface area contributed by atoms with Crippen LogP contribution in [0.15, 0.2) is 47.0 Å². The van der Waals surface area contributed by atoms with Gasteiger partial charge < -0.3 is 14.7 Å². The second-order valence-corrected chi connectivity index (χ2v) is 7.44. The number of anilines is 1. The third-order valence-corrected chi connectivity index (χ3v) is 5.48. The monoisotopic (exact) mass is 413 g/mol. The fraction of sp³-hybridized carbons (Fsp3) is 0.273. The highest BCUT2D eigenvalue weighted by atomic mass is 35.5. The van der Waals surface area contributed by atoms with Crippen LogP contribution in [0.3, 0.4) is 0 Å². The minimum Gasteiger partial charge on any atom is -0.371 e. The molecule has 1 aromatic heterocycles. The maximum absolute atomic E-state index is 14.3. The van der Waals surface area contributed by atoms with Crippen molar-refractivity contribution >= 4 is 23.2 Å². The number of benzene rings is 2. The number of para-hydroxylation sites is 1. The number of nitrogens with one attached hydrogen (secondary N) is 1. The molecule has 0 unspecified atom stereocenters. The first-order chi connectivity index (χ1) is 14.1. The second kappa shape index (κ2) is 8.25. The Hall–Kier alpha value is -2.86. The lowest BCUT2D eigenvalue weighted by Crippen LogP contribution is -2.29. The molecule has 0 fully saturated rings. The summed E-state index contributed by atoms with van der Waals surface area (Å²) < 4.78 is 19.4. The van der Waals surface area contributed by atoms with E-state index in [0.717, 1.165) is 25.9 Å². The number of halogens is 2. The lowest BCUT2D eigenvalue weighted by Gasteiger charge is -2.19. The summed E-state index contributed by atoms with van der Waals surface area (Å²) in [5.41, 5.74) is 3.04. The summed E-state index contributed by atoms with van der Waals surface area (Å²) in [6.07, 6.45) is 1.84. The Morgan fingerprint density at radius 3 is 2.93 bits per heavy atom. The Morgan fingerprint density at radius 2 is 2.10 bits per heavy atom. The molecule has 0 saturated carbocycles. The molecular weight excluding hydrogens is 393 g/mol. The summed E-state index contributed by atoms with van der Waals surface area (Å²) in [4.78, 5) is 15.1. The Labute approximate surface area is 173 Å². The van der Waals surface area contributed by atoms with Gasteiger partial charge in [-0.1, -0.05) is 41.0 Å². The van der Waals surface area contributed by atoms with Crippen molar-refractivity contribution in [1.29, 1.82) is 0 Å². The van der Waals surface area contributed by atoms with Gasteiger partial charge in [-0.15, -0.1) is 0 Å². The van der Waals surface area contributed by atoms with Crippen LogP contribution < -0.4 is 10.2 Å². The van der Waals surface area contributed by atoms with E-state index in [0.29, 0.717) is 12.3 Å². The van der Waals surface area contributed by atoms with Gasteiger partial charge in [-0.25, -0.2) is 4.39 Å². The zero-order valence-electron chi connectivity index (χ0n) is 16.0. The van der Waals surface area contributed by atoms with E-state index in [1.165, 1.54) is 23.4 Å². The van der Waals surface area contributed by atoms with Crippen molar-refractivity contribution in [3.8, 4) is 11.3 Å². The number of aryl methyl sites for hydroxylation is 1. The number of hydrogen-bond donors (Lipinski definition) is 1. The van der Waals surface area contributed by atoms with Gasteiger partial charge in [0, 0.05) is 25.3 Å². The molecule has 2 aromatic carbocycles. The first-order valence-corrected chi connectivity index (χ1v) is 9.95. The van der Waals surface area contributed by atoms with Gasteiger partial charge in [0.2, 0.25) is 0 Å². The highest BCUT2D eigenvalue weighted by Crippen LogP contribution is 2.33. The summed E-state index contributed by atoms with van der Waals surface area (Å²) >= 11 is 6.13. The lowest BCUT2D eigenvalue weighted by molar-refractivity contribution is 0.0952. The van der Waals surface area contributed by atoms with Gasteiger partial charge in [-0.3, -0.25) is 4.79 Å². The number of aromatic nitrogens is 1. The second-order valence-electron chi connectivity index (χ2n) is 7.03. The maximum Gasteiger partial charge on any atom is 0.257 e.